The molecule has 0 spiro atoms. The van der Waals surface area contributed by atoms with Crippen LogP contribution in [0.1, 0.15) is 16.1 Å². The zero-order valence-electron chi connectivity index (χ0n) is 8.42. The summed E-state index contributed by atoms with van der Waals surface area (Å²) in [5.41, 5.74) is 2.24. The van der Waals surface area contributed by atoms with Crippen LogP contribution in [-0.2, 0) is 17.8 Å². The van der Waals surface area contributed by atoms with Crippen molar-refractivity contribution in [3.63, 3.8) is 0 Å². The van der Waals surface area contributed by atoms with Crippen molar-refractivity contribution in [2.45, 2.75) is 20.0 Å². The number of aromatic nitrogens is 1. The summed E-state index contributed by atoms with van der Waals surface area (Å²) < 4.78 is 6.19. The summed E-state index contributed by atoms with van der Waals surface area (Å²) in [4.78, 5) is 15.9. The molecule has 1 aliphatic rings. The third kappa shape index (κ3) is 1.33. The van der Waals surface area contributed by atoms with Crippen LogP contribution in [0.4, 0.5) is 0 Å². The second-order valence-corrected chi connectivity index (χ2v) is 5.07. The first-order valence-corrected chi connectivity index (χ1v) is 5.79. The maximum absolute atomic E-state index is 11.8. The standard InChI is InChI=1S/C11H11NO2S/c1-6-4-8-7-2-3-14-5-9(7)12-11(13)10(8)15-6/h4H,2-3,5H2,1H3,(H,12,13). The summed E-state index contributed by atoms with van der Waals surface area (Å²) in [5.74, 6) is 0. The van der Waals surface area contributed by atoms with Gasteiger partial charge >= 0.3 is 0 Å². The van der Waals surface area contributed by atoms with Gasteiger partial charge in [-0.05, 0) is 25.0 Å². The van der Waals surface area contributed by atoms with Crippen molar-refractivity contribution >= 4 is 21.4 Å². The topological polar surface area (TPSA) is 42.1 Å². The summed E-state index contributed by atoms with van der Waals surface area (Å²) in [6.07, 6.45) is 0.902. The first-order chi connectivity index (χ1) is 7.25. The van der Waals surface area contributed by atoms with Crippen LogP contribution in [-0.4, -0.2) is 11.6 Å². The molecule has 0 bridgehead atoms. The molecule has 0 atom stereocenters. The smallest absolute Gasteiger partial charge is 0.266 e. The van der Waals surface area contributed by atoms with Gasteiger partial charge in [-0.1, -0.05) is 0 Å². The van der Waals surface area contributed by atoms with E-state index >= 15 is 0 Å². The highest BCUT2D eigenvalue weighted by atomic mass is 32.1. The van der Waals surface area contributed by atoms with Crippen LogP contribution in [0.3, 0.4) is 0 Å². The minimum Gasteiger partial charge on any atom is -0.375 e. The lowest BCUT2D eigenvalue weighted by atomic mass is 10.0. The van der Waals surface area contributed by atoms with Gasteiger partial charge in [0.25, 0.3) is 5.56 Å². The first kappa shape index (κ1) is 9.12. The summed E-state index contributed by atoms with van der Waals surface area (Å²) in [6.45, 7) is 3.33. The third-order valence-electron chi connectivity index (χ3n) is 2.76. The van der Waals surface area contributed by atoms with E-state index in [1.807, 2.05) is 6.92 Å². The number of fused-ring (bicyclic) bond motifs is 3. The number of rotatable bonds is 0. The Balaban J connectivity index is 2.44. The lowest BCUT2D eigenvalue weighted by molar-refractivity contribution is 0.108. The fourth-order valence-electron chi connectivity index (χ4n) is 2.10. The molecule has 0 aromatic carbocycles. The van der Waals surface area contributed by atoms with Crippen molar-refractivity contribution in [2.75, 3.05) is 6.61 Å². The van der Waals surface area contributed by atoms with E-state index in [1.54, 1.807) is 11.3 Å². The molecule has 1 N–H and O–H groups in total. The zero-order chi connectivity index (χ0) is 10.4. The molecule has 4 heteroatoms. The van der Waals surface area contributed by atoms with Gasteiger partial charge in [-0.15, -0.1) is 11.3 Å². The van der Waals surface area contributed by atoms with Gasteiger partial charge in [0.15, 0.2) is 0 Å². The van der Waals surface area contributed by atoms with E-state index in [0.717, 1.165) is 28.8 Å². The zero-order valence-corrected chi connectivity index (χ0v) is 9.24. The van der Waals surface area contributed by atoms with E-state index < -0.39 is 0 Å². The predicted octanol–water partition coefficient (Wildman–Crippen LogP) is 1.97. The molecule has 2 aromatic heterocycles. The Hall–Kier alpha value is -1.13. The van der Waals surface area contributed by atoms with Gasteiger partial charge in [0.05, 0.1) is 17.9 Å². The highest BCUT2D eigenvalue weighted by molar-refractivity contribution is 7.18. The second kappa shape index (κ2) is 3.18. The summed E-state index contributed by atoms with van der Waals surface area (Å²) >= 11 is 1.57. The molecule has 0 saturated heterocycles. The lowest BCUT2D eigenvalue weighted by Crippen LogP contribution is -2.18. The van der Waals surface area contributed by atoms with E-state index in [1.165, 1.54) is 10.4 Å². The van der Waals surface area contributed by atoms with Gasteiger partial charge in [0, 0.05) is 16.0 Å². The molecular formula is C11H11NO2S. The number of hydrogen-bond donors (Lipinski definition) is 1. The number of aryl methyl sites for hydroxylation is 1. The first-order valence-electron chi connectivity index (χ1n) is 4.97. The van der Waals surface area contributed by atoms with Gasteiger partial charge < -0.3 is 9.72 Å². The number of H-pyrrole nitrogens is 1. The van der Waals surface area contributed by atoms with Crippen molar-refractivity contribution in [1.29, 1.82) is 0 Å². The summed E-state index contributed by atoms with van der Waals surface area (Å²) in [6, 6.07) is 2.11. The maximum atomic E-state index is 11.8. The Morgan fingerprint density at radius 1 is 1.53 bits per heavy atom. The Labute approximate surface area is 90.7 Å². The number of pyridine rings is 1. The van der Waals surface area contributed by atoms with Crippen molar-refractivity contribution in [2.24, 2.45) is 0 Å². The van der Waals surface area contributed by atoms with E-state index in [-0.39, 0.29) is 5.56 Å². The van der Waals surface area contributed by atoms with E-state index in [2.05, 4.69) is 11.1 Å². The minimum atomic E-state index is 0.0207. The SMILES string of the molecule is Cc1cc2c3c([nH]c(=O)c2s1)COCC3. The average molecular weight is 221 g/mol. The number of thiophene rings is 1. The molecule has 1 aliphatic heterocycles. The van der Waals surface area contributed by atoms with Crippen LogP contribution >= 0.6 is 11.3 Å². The number of hydrogen-bond acceptors (Lipinski definition) is 3. The highest BCUT2D eigenvalue weighted by Crippen LogP contribution is 2.28. The van der Waals surface area contributed by atoms with Gasteiger partial charge in [0.2, 0.25) is 0 Å². The Morgan fingerprint density at radius 2 is 2.40 bits per heavy atom. The maximum Gasteiger partial charge on any atom is 0.266 e. The Kier molecular flexibility index (Phi) is 1.94. The van der Waals surface area contributed by atoms with Crippen LogP contribution in [0, 0.1) is 6.92 Å². The largest absolute Gasteiger partial charge is 0.375 e. The molecule has 0 aliphatic carbocycles. The molecule has 3 rings (SSSR count). The molecule has 0 fully saturated rings. The predicted molar refractivity (Wildman–Crippen MR) is 60.5 cm³/mol. The number of ether oxygens (including phenoxy) is 1. The van der Waals surface area contributed by atoms with Crippen molar-refractivity contribution in [3.8, 4) is 0 Å². The third-order valence-corrected chi connectivity index (χ3v) is 3.81. The van der Waals surface area contributed by atoms with E-state index in [9.17, 15) is 4.79 Å². The second-order valence-electron chi connectivity index (χ2n) is 3.81. The van der Waals surface area contributed by atoms with Crippen molar-refractivity contribution in [1.82, 2.24) is 4.98 Å². The molecule has 3 heterocycles. The fourth-order valence-corrected chi connectivity index (χ4v) is 3.03. The molecular weight excluding hydrogens is 210 g/mol. The van der Waals surface area contributed by atoms with Gasteiger partial charge in [-0.25, -0.2) is 0 Å². The summed E-state index contributed by atoms with van der Waals surface area (Å²) in [5, 5.41) is 1.12. The Bertz CT molecular complexity index is 582. The van der Waals surface area contributed by atoms with E-state index in [4.69, 9.17) is 4.74 Å². The van der Waals surface area contributed by atoms with Crippen LogP contribution < -0.4 is 5.56 Å². The molecule has 0 unspecified atom stereocenters. The van der Waals surface area contributed by atoms with Crippen LogP contribution in [0.2, 0.25) is 0 Å². The summed E-state index contributed by atoms with van der Waals surface area (Å²) in [7, 11) is 0. The lowest BCUT2D eigenvalue weighted by Gasteiger charge is -2.16. The van der Waals surface area contributed by atoms with E-state index in [0.29, 0.717) is 6.61 Å². The molecule has 15 heavy (non-hydrogen) atoms. The van der Waals surface area contributed by atoms with Crippen LogP contribution in [0.25, 0.3) is 10.1 Å². The normalized spacial score (nSPS) is 15.5. The molecule has 0 saturated carbocycles. The van der Waals surface area contributed by atoms with Crippen molar-refractivity contribution < 1.29 is 4.74 Å². The minimum absolute atomic E-state index is 0.0207. The molecule has 0 amide bonds. The van der Waals surface area contributed by atoms with Crippen LogP contribution in [0.5, 0.6) is 0 Å². The number of aromatic amines is 1. The van der Waals surface area contributed by atoms with Crippen molar-refractivity contribution in [3.05, 3.63) is 32.6 Å². The number of nitrogens with one attached hydrogen (secondary N) is 1. The molecule has 78 valence electrons. The molecule has 3 nitrogen and oxygen atoms in total. The van der Waals surface area contributed by atoms with Gasteiger partial charge in [0.1, 0.15) is 0 Å². The molecule has 0 radical (unpaired) electrons. The quantitative estimate of drug-likeness (QED) is 0.739. The fraction of sp³-hybridized carbons (Fsp3) is 0.364. The average Bonchev–Trinajstić information content (AvgIpc) is 2.61. The van der Waals surface area contributed by atoms with Crippen LogP contribution in [0.15, 0.2) is 10.9 Å². The molecule has 2 aromatic rings. The highest BCUT2D eigenvalue weighted by Gasteiger charge is 2.16. The Morgan fingerprint density at radius 3 is 3.27 bits per heavy atom. The van der Waals surface area contributed by atoms with Gasteiger partial charge in [-0.3, -0.25) is 4.79 Å². The monoisotopic (exact) mass is 221 g/mol. The van der Waals surface area contributed by atoms with Gasteiger partial charge in [-0.2, -0.15) is 0 Å².